The van der Waals surface area contributed by atoms with E-state index in [4.69, 9.17) is 5.73 Å². The zero-order valence-corrected chi connectivity index (χ0v) is 12.3. The van der Waals surface area contributed by atoms with Crippen LogP contribution in [0.15, 0.2) is 47.6 Å². The van der Waals surface area contributed by atoms with Crippen LogP contribution in [0.4, 0.5) is 4.39 Å². The third kappa shape index (κ3) is 3.44. The molecule has 0 atom stereocenters. The summed E-state index contributed by atoms with van der Waals surface area (Å²) in [6, 6.07) is 9.69. The van der Waals surface area contributed by atoms with Gasteiger partial charge in [0.2, 0.25) is 5.03 Å². The van der Waals surface area contributed by atoms with Crippen LogP contribution < -0.4 is 5.73 Å². The first-order valence-corrected chi connectivity index (χ1v) is 7.74. The summed E-state index contributed by atoms with van der Waals surface area (Å²) in [4.78, 5) is 3.62. The van der Waals surface area contributed by atoms with Crippen molar-refractivity contribution in [3.63, 3.8) is 0 Å². The summed E-state index contributed by atoms with van der Waals surface area (Å²) in [7, 11) is -2.58. The predicted octanol–water partition coefficient (Wildman–Crippen LogP) is 1.50. The van der Waals surface area contributed by atoms with Gasteiger partial charge in [-0.15, -0.1) is 0 Å². The van der Waals surface area contributed by atoms with Gasteiger partial charge >= 0.3 is 0 Å². The summed E-state index contributed by atoms with van der Waals surface area (Å²) >= 11 is 0. The van der Waals surface area contributed by atoms with Crippen molar-refractivity contribution in [3.05, 3.63) is 59.5 Å². The smallest absolute Gasteiger partial charge is 0.263 e. The molecule has 2 N–H and O–H groups in total. The first kappa shape index (κ1) is 15.6. The van der Waals surface area contributed by atoms with E-state index in [1.807, 2.05) is 12.1 Å². The van der Waals surface area contributed by atoms with Gasteiger partial charge in [-0.1, -0.05) is 24.3 Å². The molecule has 0 saturated carbocycles. The van der Waals surface area contributed by atoms with Gasteiger partial charge in [0.05, 0.1) is 0 Å². The van der Waals surface area contributed by atoms with Gasteiger partial charge in [0.1, 0.15) is 0 Å². The number of benzene rings is 1. The van der Waals surface area contributed by atoms with E-state index < -0.39 is 20.9 Å². The molecule has 1 aromatic carbocycles. The number of sulfonamides is 1. The topological polar surface area (TPSA) is 76.3 Å². The molecule has 0 aliphatic heterocycles. The fourth-order valence-electron chi connectivity index (χ4n) is 1.91. The minimum Gasteiger partial charge on any atom is -0.326 e. The Bertz CT molecular complexity index is 735. The van der Waals surface area contributed by atoms with Crippen molar-refractivity contribution in [3.8, 4) is 0 Å². The summed E-state index contributed by atoms with van der Waals surface area (Å²) in [5.41, 5.74) is 7.24. The van der Waals surface area contributed by atoms with Crippen molar-refractivity contribution in [2.45, 2.75) is 18.1 Å². The number of halogens is 1. The van der Waals surface area contributed by atoms with Gasteiger partial charge in [-0.3, -0.25) is 0 Å². The number of pyridine rings is 1. The third-order valence-electron chi connectivity index (χ3n) is 3.01. The molecule has 21 heavy (non-hydrogen) atoms. The van der Waals surface area contributed by atoms with Crippen molar-refractivity contribution in [2.75, 3.05) is 7.05 Å². The molecule has 0 aliphatic rings. The van der Waals surface area contributed by atoms with Gasteiger partial charge in [0.15, 0.2) is 5.82 Å². The van der Waals surface area contributed by atoms with E-state index in [1.54, 1.807) is 12.1 Å². The van der Waals surface area contributed by atoms with E-state index in [1.165, 1.54) is 19.3 Å². The largest absolute Gasteiger partial charge is 0.326 e. The highest BCUT2D eigenvalue weighted by atomic mass is 32.2. The molecule has 1 heterocycles. The van der Waals surface area contributed by atoms with E-state index in [0.717, 1.165) is 21.5 Å². The van der Waals surface area contributed by atoms with Crippen molar-refractivity contribution < 1.29 is 12.8 Å². The van der Waals surface area contributed by atoms with E-state index >= 15 is 0 Å². The summed E-state index contributed by atoms with van der Waals surface area (Å²) in [5, 5.41) is -0.567. The molecule has 0 bridgehead atoms. The molecule has 2 rings (SSSR count). The molecule has 0 spiro atoms. The number of nitrogens with two attached hydrogens (primary N) is 1. The summed E-state index contributed by atoms with van der Waals surface area (Å²) in [6.07, 6.45) is 1.25. The molecule has 112 valence electrons. The first-order chi connectivity index (χ1) is 9.95. The molecule has 1 aromatic heterocycles. The molecule has 0 saturated heterocycles. The minimum absolute atomic E-state index is 0.117. The normalized spacial score (nSPS) is 11.8. The fraction of sp³-hybridized carbons (Fsp3) is 0.214. The predicted molar refractivity (Wildman–Crippen MR) is 77.2 cm³/mol. The van der Waals surface area contributed by atoms with Gasteiger partial charge in [-0.05, 0) is 23.3 Å². The Labute approximate surface area is 123 Å². The van der Waals surface area contributed by atoms with Gasteiger partial charge in [-0.2, -0.15) is 4.31 Å². The van der Waals surface area contributed by atoms with E-state index in [9.17, 15) is 12.8 Å². The second-order valence-corrected chi connectivity index (χ2v) is 6.54. The van der Waals surface area contributed by atoms with Crippen LogP contribution in [0.1, 0.15) is 11.1 Å². The summed E-state index contributed by atoms with van der Waals surface area (Å²) in [6.45, 7) is 0.491. The number of hydrogen-bond donors (Lipinski definition) is 1. The Morgan fingerprint density at radius 2 is 1.95 bits per heavy atom. The van der Waals surface area contributed by atoms with Gasteiger partial charge in [0, 0.05) is 26.3 Å². The van der Waals surface area contributed by atoms with Crippen LogP contribution in [0.5, 0.6) is 0 Å². The molecule has 2 aromatic rings. The average molecular weight is 309 g/mol. The number of nitrogens with zero attached hydrogens (tertiary/aromatic N) is 2. The Morgan fingerprint density at radius 3 is 2.62 bits per heavy atom. The average Bonchev–Trinajstić information content (AvgIpc) is 2.47. The van der Waals surface area contributed by atoms with Gasteiger partial charge < -0.3 is 5.73 Å². The van der Waals surface area contributed by atoms with Crippen LogP contribution in [-0.4, -0.2) is 24.8 Å². The maximum atomic E-state index is 13.6. The Morgan fingerprint density at radius 1 is 1.24 bits per heavy atom. The maximum Gasteiger partial charge on any atom is 0.263 e. The van der Waals surface area contributed by atoms with Crippen molar-refractivity contribution in [1.29, 1.82) is 0 Å². The van der Waals surface area contributed by atoms with Crippen LogP contribution in [-0.2, 0) is 23.1 Å². The van der Waals surface area contributed by atoms with E-state index in [0.29, 0.717) is 6.54 Å². The molecule has 0 aliphatic carbocycles. The van der Waals surface area contributed by atoms with Crippen LogP contribution >= 0.6 is 0 Å². The lowest BCUT2D eigenvalue weighted by molar-refractivity contribution is 0.454. The number of rotatable bonds is 5. The molecule has 0 amide bonds. The second kappa shape index (κ2) is 6.30. The minimum atomic E-state index is -3.97. The van der Waals surface area contributed by atoms with Crippen molar-refractivity contribution in [2.24, 2.45) is 5.73 Å². The lowest BCUT2D eigenvalue weighted by atomic mass is 10.1. The van der Waals surface area contributed by atoms with E-state index in [-0.39, 0.29) is 6.54 Å². The highest BCUT2D eigenvalue weighted by Gasteiger charge is 2.25. The molecule has 0 fully saturated rings. The molecular formula is C14H16FN3O2S. The molecule has 5 nitrogen and oxygen atoms in total. The maximum absolute atomic E-state index is 13.6. The van der Waals surface area contributed by atoms with Crippen molar-refractivity contribution in [1.82, 2.24) is 9.29 Å². The lowest BCUT2D eigenvalue weighted by Gasteiger charge is -2.17. The first-order valence-electron chi connectivity index (χ1n) is 6.30. The fourth-order valence-corrected chi connectivity index (χ4v) is 3.03. The van der Waals surface area contributed by atoms with Crippen molar-refractivity contribution >= 4 is 10.0 Å². The third-order valence-corrected chi connectivity index (χ3v) is 4.75. The van der Waals surface area contributed by atoms with Crippen LogP contribution in [0, 0.1) is 5.82 Å². The van der Waals surface area contributed by atoms with Crippen LogP contribution in [0.25, 0.3) is 0 Å². The Hall–Kier alpha value is -1.83. The SMILES string of the molecule is CN(Cc1cccc(CN)c1)S(=O)(=O)c1ncccc1F. The van der Waals surface area contributed by atoms with Crippen LogP contribution in [0.3, 0.4) is 0 Å². The monoisotopic (exact) mass is 309 g/mol. The second-order valence-electron chi connectivity index (χ2n) is 4.58. The molecule has 7 heteroatoms. The lowest BCUT2D eigenvalue weighted by Crippen LogP contribution is -2.28. The Kier molecular flexibility index (Phi) is 4.66. The molecule has 0 radical (unpaired) electrons. The summed E-state index contributed by atoms with van der Waals surface area (Å²) < 4.78 is 39.3. The highest BCUT2D eigenvalue weighted by molar-refractivity contribution is 7.89. The number of hydrogen-bond acceptors (Lipinski definition) is 4. The summed E-state index contributed by atoms with van der Waals surface area (Å²) in [5.74, 6) is -0.861. The standard InChI is InChI=1S/C14H16FN3O2S/c1-18(10-12-5-2-4-11(8-12)9-16)21(19,20)14-13(15)6-3-7-17-14/h2-8H,9-10,16H2,1H3. The van der Waals surface area contributed by atoms with Crippen LogP contribution in [0.2, 0.25) is 0 Å². The number of aromatic nitrogens is 1. The van der Waals surface area contributed by atoms with Gasteiger partial charge in [0.25, 0.3) is 10.0 Å². The van der Waals surface area contributed by atoms with Gasteiger partial charge in [-0.25, -0.2) is 17.8 Å². The van der Waals surface area contributed by atoms with E-state index in [2.05, 4.69) is 4.98 Å². The molecular weight excluding hydrogens is 293 g/mol. The molecule has 0 unspecified atom stereocenters. The Balaban J connectivity index is 2.27. The highest BCUT2D eigenvalue weighted by Crippen LogP contribution is 2.17. The zero-order chi connectivity index (χ0) is 15.5. The quantitative estimate of drug-likeness (QED) is 0.908. The zero-order valence-electron chi connectivity index (χ0n) is 11.5.